The molecule has 3 rings (SSSR count). The van der Waals surface area contributed by atoms with Crippen molar-refractivity contribution >= 4 is 75.0 Å². The lowest BCUT2D eigenvalue weighted by Gasteiger charge is -2.22. The Morgan fingerprint density at radius 3 is 2.86 bits per heavy atom. The number of thiophene rings is 1. The van der Waals surface area contributed by atoms with E-state index in [1.54, 1.807) is 31.3 Å². The maximum absolute atomic E-state index is 13.3. The summed E-state index contributed by atoms with van der Waals surface area (Å²) in [4.78, 5) is 13.1. The number of carbonyl (C=O) groups excluding carboxylic acids is 1. The van der Waals surface area contributed by atoms with E-state index >= 15 is 0 Å². The van der Waals surface area contributed by atoms with Crippen molar-refractivity contribution in [3.63, 3.8) is 0 Å². The van der Waals surface area contributed by atoms with Gasteiger partial charge in [-0.3, -0.25) is 9.36 Å². The van der Waals surface area contributed by atoms with E-state index in [9.17, 15) is 9.36 Å². The highest BCUT2D eigenvalue weighted by Crippen LogP contribution is 2.58. The molecular formula is C21H20ClINO3PS. The molecule has 1 N–H and O–H groups in total. The molecule has 1 heterocycles. The van der Waals surface area contributed by atoms with Gasteiger partial charge in [-0.05, 0) is 87.8 Å². The van der Waals surface area contributed by atoms with Crippen molar-refractivity contribution in [2.24, 2.45) is 0 Å². The number of benzene rings is 2. The van der Waals surface area contributed by atoms with Gasteiger partial charge < -0.3 is 9.84 Å². The quantitative estimate of drug-likeness (QED) is 0.252. The summed E-state index contributed by atoms with van der Waals surface area (Å²) in [5.74, 6) is -0.370. The molecule has 152 valence electrons. The zero-order valence-corrected chi connectivity index (χ0v) is 20.5. The van der Waals surface area contributed by atoms with Crippen molar-refractivity contribution in [1.29, 1.82) is 0 Å². The Balaban J connectivity index is 1.94. The lowest BCUT2D eigenvalue weighted by Crippen LogP contribution is -2.25. The Kier molecular flexibility index (Phi) is 7.57. The minimum Gasteiger partial charge on any atom is -0.332 e. The molecule has 0 fully saturated rings. The third-order valence-electron chi connectivity index (χ3n) is 4.31. The molecule has 1 amide bonds. The number of hydrogen-bond donors (Lipinski definition) is 1. The fraction of sp³-hybridized carbons (Fsp3) is 0.190. The average molecular weight is 560 g/mol. The van der Waals surface area contributed by atoms with Crippen molar-refractivity contribution < 1.29 is 13.9 Å². The fourth-order valence-corrected chi connectivity index (χ4v) is 6.77. The molecule has 29 heavy (non-hydrogen) atoms. The monoisotopic (exact) mass is 559 g/mol. The second-order valence-electron chi connectivity index (χ2n) is 6.46. The first-order valence-electron chi connectivity index (χ1n) is 8.92. The largest absolute Gasteiger partial charge is 0.332 e. The van der Waals surface area contributed by atoms with Gasteiger partial charge in [0.1, 0.15) is 5.66 Å². The molecule has 3 aromatic rings. The number of rotatable bonds is 7. The summed E-state index contributed by atoms with van der Waals surface area (Å²) < 4.78 is 20.9. The van der Waals surface area contributed by atoms with Crippen molar-refractivity contribution in [3.8, 4) is 0 Å². The number of fused-ring (bicyclic) bond motifs is 1. The summed E-state index contributed by atoms with van der Waals surface area (Å²) in [6.45, 7) is 3.54. The van der Waals surface area contributed by atoms with E-state index in [2.05, 4.69) is 27.9 Å². The minimum atomic E-state index is -3.27. The number of hydrogen-bond acceptors (Lipinski definition) is 4. The minimum absolute atomic E-state index is 0.263. The van der Waals surface area contributed by atoms with Crippen LogP contribution in [0.4, 0.5) is 0 Å². The molecule has 1 aromatic heterocycles. The third kappa shape index (κ3) is 5.50. The highest BCUT2D eigenvalue weighted by Gasteiger charge is 2.38. The Bertz CT molecular complexity index is 1110. The van der Waals surface area contributed by atoms with Gasteiger partial charge in [-0.15, -0.1) is 11.3 Å². The van der Waals surface area contributed by atoms with Crippen LogP contribution < -0.4 is 5.32 Å². The first-order valence-corrected chi connectivity index (χ1v) is 13.4. The van der Waals surface area contributed by atoms with Crippen LogP contribution in [0.25, 0.3) is 16.2 Å². The van der Waals surface area contributed by atoms with Crippen LogP contribution in [-0.4, -0.2) is 19.2 Å². The van der Waals surface area contributed by atoms with Gasteiger partial charge in [0.2, 0.25) is 13.3 Å². The van der Waals surface area contributed by atoms with Crippen LogP contribution in [0.1, 0.15) is 23.7 Å². The highest BCUT2D eigenvalue weighted by molar-refractivity contribution is 14.1. The third-order valence-corrected chi connectivity index (χ3v) is 8.42. The molecule has 0 radical (unpaired) electrons. The van der Waals surface area contributed by atoms with Crippen LogP contribution in [0.5, 0.6) is 0 Å². The predicted molar refractivity (Wildman–Crippen MR) is 131 cm³/mol. The van der Waals surface area contributed by atoms with Crippen molar-refractivity contribution in [1.82, 2.24) is 5.32 Å². The van der Waals surface area contributed by atoms with Crippen LogP contribution >= 0.6 is 52.9 Å². The molecule has 0 saturated carbocycles. The molecule has 0 bridgehead atoms. The molecule has 0 aliphatic heterocycles. The summed E-state index contributed by atoms with van der Waals surface area (Å²) in [6, 6.07) is 13.4. The van der Waals surface area contributed by atoms with Gasteiger partial charge in [-0.1, -0.05) is 23.7 Å². The van der Waals surface area contributed by atoms with Crippen molar-refractivity contribution in [3.05, 3.63) is 73.8 Å². The van der Waals surface area contributed by atoms with Crippen LogP contribution in [0.15, 0.2) is 54.0 Å². The summed E-state index contributed by atoms with van der Waals surface area (Å²) in [5.41, 5.74) is 0.716. The second-order valence-corrected chi connectivity index (χ2v) is 11.6. The Hall–Kier alpha value is -1.18. The molecule has 0 aliphatic carbocycles. The predicted octanol–water partition coefficient (Wildman–Crippen LogP) is 6.93. The van der Waals surface area contributed by atoms with Crippen LogP contribution in [-0.2, 0) is 13.9 Å². The van der Waals surface area contributed by atoms with E-state index in [0.29, 0.717) is 10.6 Å². The van der Waals surface area contributed by atoms with Gasteiger partial charge >= 0.3 is 0 Å². The smallest absolute Gasteiger partial charge is 0.241 e. The van der Waals surface area contributed by atoms with Crippen LogP contribution in [0, 0.1) is 3.57 Å². The zero-order chi connectivity index (χ0) is 21.0. The lowest BCUT2D eigenvalue weighted by molar-refractivity contribution is -0.120. The molecule has 2 atom stereocenters. The Morgan fingerprint density at radius 1 is 1.34 bits per heavy atom. The van der Waals surface area contributed by atoms with E-state index in [1.165, 1.54) is 18.0 Å². The van der Waals surface area contributed by atoms with E-state index in [0.717, 1.165) is 19.2 Å². The number of carbonyl (C=O) groups is 1. The number of amides is 1. The molecule has 2 unspecified atom stereocenters. The first-order chi connectivity index (χ1) is 13.8. The average Bonchev–Trinajstić information content (AvgIpc) is 3.04. The molecule has 0 aliphatic rings. The van der Waals surface area contributed by atoms with E-state index in [-0.39, 0.29) is 12.5 Å². The van der Waals surface area contributed by atoms with Gasteiger partial charge in [0.05, 0.1) is 6.61 Å². The number of nitrogens with one attached hydrogen (secondary N) is 1. The van der Waals surface area contributed by atoms with Gasteiger partial charge in [-0.2, -0.15) is 0 Å². The highest BCUT2D eigenvalue weighted by atomic mass is 127. The van der Waals surface area contributed by atoms with E-state index in [1.807, 2.05) is 35.7 Å². The van der Waals surface area contributed by atoms with Crippen LogP contribution in [0.2, 0.25) is 5.02 Å². The topological polar surface area (TPSA) is 55.4 Å². The maximum atomic E-state index is 13.3. The standard InChI is InChI=1S/C21H20ClINO3PS/c1-3-27-28(2,26)20(18-13-29-19-8-7-15(22)12-17(18)19)21(25)24-10-9-14-5-4-6-16(23)11-14/h4-13,20H,3H2,1-2H3,(H,24,25)/b10-9+. The van der Waals surface area contributed by atoms with E-state index < -0.39 is 13.0 Å². The molecule has 0 saturated heterocycles. The van der Waals surface area contributed by atoms with Gasteiger partial charge in [-0.25, -0.2) is 0 Å². The molecule has 8 heteroatoms. The lowest BCUT2D eigenvalue weighted by atomic mass is 10.1. The maximum Gasteiger partial charge on any atom is 0.241 e. The molecule has 4 nitrogen and oxygen atoms in total. The zero-order valence-electron chi connectivity index (χ0n) is 15.9. The summed E-state index contributed by atoms with van der Waals surface area (Å²) in [6.07, 6.45) is 3.38. The summed E-state index contributed by atoms with van der Waals surface area (Å²) in [7, 11) is -3.27. The SMILES string of the molecule is CCOP(C)(=O)C(C(=O)N/C=C/c1cccc(I)c1)c1csc2ccc(Cl)cc12. The fourth-order valence-electron chi connectivity index (χ4n) is 3.08. The van der Waals surface area contributed by atoms with Crippen molar-refractivity contribution in [2.45, 2.75) is 12.6 Å². The van der Waals surface area contributed by atoms with Crippen LogP contribution in [0.3, 0.4) is 0 Å². The Labute approximate surface area is 192 Å². The van der Waals surface area contributed by atoms with E-state index in [4.69, 9.17) is 16.1 Å². The van der Waals surface area contributed by atoms with Crippen molar-refractivity contribution in [2.75, 3.05) is 13.3 Å². The van der Waals surface area contributed by atoms with Gasteiger partial charge in [0.25, 0.3) is 0 Å². The Morgan fingerprint density at radius 2 is 2.14 bits per heavy atom. The second kappa shape index (κ2) is 9.75. The van der Waals surface area contributed by atoms with Gasteiger partial charge in [0.15, 0.2) is 0 Å². The molecule has 0 spiro atoms. The normalized spacial score (nSPS) is 14.8. The summed E-state index contributed by atoms with van der Waals surface area (Å²) in [5, 5.41) is 6.04. The number of halogens is 2. The van der Waals surface area contributed by atoms with Gasteiger partial charge in [0, 0.05) is 26.2 Å². The summed E-state index contributed by atoms with van der Waals surface area (Å²) >= 11 is 9.89. The molecule has 2 aromatic carbocycles. The molecular weight excluding hydrogens is 540 g/mol. The first kappa shape index (κ1) is 22.5.